The van der Waals surface area contributed by atoms with Crippen LogP contribution in [0.1, 0.15) is 31.4 Å². The Morgan fingerprint density at radius 3 is 2.70 bits per heavy atom. The van der Waals surface area contributed by atoms with Crippen molar-refractivity contribution in [1.82, 2.24) is 4.98 Å². The number of rotatable bonds is 6. The Labute approximate surface area is 120 Å². The van der Waals surface area contributed by atoms with Crippen molar-refractivity contribution in [3.05, 3.63) is 54.2 Å². The van der Waals surface area contributed by atoms with Gasteiger partial charge in [0.25, 0.3) is 0 Å². The summed E-state index contributed by atoms with van der Waals surface area (Å²) in [6.45, 7) is 2.61. The van der Waals surface area contributed by atoms with E-state index in [-0.39, 0.29) is 0 Å². The molecule has 1 atom stereocenters. The van der Waals surface area contributed by atoms with Gasteiger partial charge in [0.1, 0.15) is 0 Å². The molecule has 2 aromatic rings. The number of aromatic nitrogens is 1. The molecule has 0 amide bonds. The maximum atomic E-state index is 5.60. The second-order valence-electron chi connectivity index (χ2n) is 5.16. The average Bonchev–Trinajstić information content (AvgIpc) is 3.32. The molecule has 3 nitrogen and oxygen atoms in total. The Balaban J connectivity index is 1.84. The lowest BCUT2D eigenvalue weighted by Gasteiger charge is -2.21. The van der Waals surface area contributed by atoms with E-state index in [0.29, 0.717) is 24.4 Å². The first-order valence-electron chi connectivity index (χ1n) is 7.27. The third kappa shape index (κ3) is 2.93. The molecule has 1 aliphatic carbocycles. The SMILES string of the molecule is CCOc1ncccc1NC(c1ccccc1)C1CC1. The Hall–Kier alpha value is -2.03. The van der Waals surface area contributed by atoms with E-state index in [9.17, 15) is 0 Å². The molecule has 104 valence electrons. The zero-order valence-electron chi connectivity index (χ0n) is 11.8. The lowest BCUT2D eigenvalue weighted by atomic mass is 10.0. The number of hydrogen-bond acceptors (Lipinski definition) is 3. The fraction of sp³-hybridized carbons (Fsp3) is 0.353. The summed E-state index contributed by atoms with van der Waals surface area (Å²) in [6.07, 6.45) is 4.35. The molecule has 0 aliphatic heterocycles. The van der Waals surface area contributed by atoms with Crippen molar-refractivity contribution in [2.75, 3.05) is 11.9 Å². The van der Waals surface area contributed by atoms with Gasteiger partial charge < -0.3 is 10.1 Å². The monoisotopic (exact) mass is 268 g/mol. The summed E-state index contributed by atoms with van der Waals surface area (Å²) < 4.78 is 5.60. The fourth-order valence-electron chi connectivity index (χ4n) is 2.48. The van der Waals surface area contributed by atoms with Crippen LogP contribution in [0.25, 0.3) is 0 Å². The smallest absolute Gasteiger partial charge is 0.237 e. The molecule has 1 aliphatic rings. The van der Waals surface area contributed by atoms with E-state index in [1.807, 2.05) is 19.1 Å². The van der Waals surface area contributed by atoms with Crippen molar-refractivity contribution in [1.29, 1.82) is 0 Å². The minimum atomic E-state index is 0.347. The molecule has 1 heterocycles. The van der Waals surface area contributed by atoms with Gasteiger partial charge in [0.05, 0.1) is 18.3 Å². The average molecular weight is 268 g/mol. The summed E-state index contributed by atoms with van der Waals surface area (Å²) in [4.78, 5) is 4.31. The van der Waals surface area contributed by atoms with E-state index < -0.39 is 0 Å². The van der Waals surface area contributed by atoms with Gasteiger partial charge in [-0.3, -0.25) is 0 Å². The zero-order chi connectivity index (χ0) is 13.8. The van der Waals surface area contributed by atoms with Crippen LogP contribution in [0.2, 0.25) is 0 Å². The van der Waals surface area contributed by atoms with Crippen LogP contribution in [0, 0.1) is 5.92 Å². The highest BCUT2D eigenvalue weighted by Crippen LogP contribution is 2.43. The molecule has 1 saturated carbocycles. The third-order valence-electron chi connectivity index (χ3n) is 3.62. The Kier molecular flexibility index (Phi) is 3.86. The van der Waals surface area contributed by atoms with E-state index in [0.717, 1.165) is 5.69 Å². The van der Waals surface area contributed by atoms with Gasteiger partial charge >= 0.3 is 0 Å². The molecule has 3 heteroatoms. The predicted molar refractivity (Wildman–Crippen MR) is 80.9 cm³/mol. The minimum Gasteiger partial charge on any atom is -0.476 e. The van der Waals surface area contributed by atoms with Gasteiger partial charge in [0.15, 0.2) is 0 Å². The van der Waals surface area contributed by atoms with Gasteiger partial charge in [0.2, 0.25) is 5.88 Å². The number of nitrogens with one attached hydrogen (secondary N) is 1. The Morgan fingerprint density at radius 1 is 1.20 bits per heavy atom. The van der Waals surface area contributed by atoms with E-state index >= 15 is 0 Å². The molecule has 0 bridgehead atoms. The van der Waals surface area contributed by atoms with Crippen LogP contribution in [0.3, 0.4) is 0 Å². The first kappa shape index (κ1) is 13.0. The van der Waals surface area contributed by atoms with Crippen LogP contribution in [0.5, 0.6) is 5.88 Å². The van der Waals surface area contributed by atoms with Crippen molar-refractivity contribution < 1.29 is 4.74 Å². The van der Waals surface area contributed by atoms with E-state index in [1.54, 1.807) is 6.20 Å². The maximum Gasteiger partial charge on any atom is 0.237 e. The summed E-state index contributed by atoms with van der Waals surface area (Å²) in [5.41, 5.74) is 2.32. The van der Waals surface area contributed by atoms with Crippen LogP contribution >= 0.6 is 0 Å². The van der Waals surface area contributed by atoms with Crippen LogP contribution in [-0.4, -0.2) is 11.6 Å². The number of hydrogen-bond donors (Lipinski definition) is 1. The normalized spacial score (nSPS) is 15.7. The molecular weight excluding hydrogens is 248 g/mol. The van der Waals surface area contributed by atoms with E-state index in [1.165, 1.54) is 18.4 Å². The topological polar surface area (TPSA) is 34.1 Å². The van der Waals surface area contributed by atoms with Crippen molar-refractivity contribution in [2.24, 2.45) is 5.92 Å². The summed E-state index contributed by atoms with van der Waals surface area (Å²) in [5.74, 6) is 1.41. The van der Waals surface area contributed by atoms with Crippen LogP contribution in [0.4, 0.5) is 5.69 Å². The van der Waals surface area contributed by atoms with Gasteiger partial charge in [-0.25, -0.2) is 4.98 Å². The highest BCUT2D eigenvalue weighted by atomic mass is 16.5. The first-order chi connectivity index (χ1) is 9.88. The highest BCUT2D eigenvalue weighted by Gasteiger charge is 2.32. The van der Waals surface area contributed by atoms with E-state index in [2.05, 4.69) is 40.6 Å². The minimum absolute atomic E-state index is 0.347. The molecule has 1 aromatic heterocycles. The third-order valence-corrected chi connectivity index (χ3v) is 3.62. The number of benzene rings is 1. The van der Waals surface area contributed by atoms with Gasteiger partial charge in [0, 0.05) is 6.20 Å². The Morgan fingerprint density at radius 2 is 2.00 bits per heavy atom. The summed E-state index contributed by atoms with van der Waals surface area (Å²) in [6, 6.07) is 15.0. The van der Waals surface area contributed by atoms with Gasteiger partial charge in [-0.2, -0.15) is 0 Å². The van der Waals surface area contributed by atoms with Crippen LogP contribution in [0.15, 0.2) is 48.7 Å². The molecule has 1 aromatic carbocycles. The molecule has 1 fully saturated rings. The fourth-order valence-corrected chi connectivity index (χ4v) is 2.48. The van der Waals surface area contributed by atoms with Crippen molar-refractivity contribution in [3.63, 3.8) is 0 Å². The number of pyridine rings is 1. The quantitative estimate of drug-likeness (QED) is 0.858. The molecule has 3 rings (SSSR count). The molecule has 0 spiro atoms. The Bertz CT molecular complexity index is 552. The number of anilines is 1. The predicted octanol–water partition coefficient (Wildman–Crippen LogP) is 4.04. The van der Waals surface area contributed by atoms with E-state index in [4.69, 9.17) is 4.74 Å². The van der Waals surface area contributed by atoms with Crippen LogP contribution < -0.4 is 10.1 Å². The second-order valence-corrected chi connectivity index (χ2v) is 5.16. The first-order valence-corrected chi connectivity index (χ1v) is 7.27. The second kappa shape index (κ2) is 5.95. The molecule has 1 unspecified atom stereocenters. The lowest BCUT2D eigenvalue weighted by molar-refractivity contribution is 0.328. The maximum absolute atomic E-state index is 5.60. The molecular formula is C17H20N2O. The highest BCUT2D eigenvalue weighted by molar-refractivity contribution is 5.54. The zero-order valence-corrected chi connectivity index (χ0v) is 11.8. The van der Waals surface area contributed by atoms with Gasteiger partial charge in [-0.15, -0.1) is 0 Å². The number of ether oxygens (including phenoxy) is 1. The van der Waals surface area contributed by atoms with Crippen molar-refractivity contribution in [3.8, 4) is 5.88 Å². The largest absolute Gasteiger partial charge is 0.476 e. The standard InChI is InChI=1S/C17H20N2O/c1-2-20-17-15(9-6-12-18-17)19-16(14-10-11-14)13-7-4-3-5-8-13/h3-9,12,14,16,19H,2,10-11H2,1H3. The van der Waals surface area contributed by atoms with Gasteiger partial charge in [-0.1, -0.05) is 30.3 Å². The van der Waals surface area contributed by atoms with Crippen LogP contribution in [-0.2, 0) is 0 Å². The number of nitrogens with zero attached hydrogens (tertiary/aromatic N) is 1. The summed E-state index contributed by atoms with van der Waals surface area (Å²) in [7, 11) is 0. The van der Waals surface area contributed by atoms with Crippen molar-refractivity contribution in [2.45, 2.75) is 25.8 Å². The summed E-state index contributed by atoms with van der Waals surface area (Å²) >= 11 is 0. The molecule has 1 N–H and O–H groups in total. The van der Waals surface area contributed by atoms with Crippen molar-refractivity contribution >= 4 is 5.69 Å². The lowest BCUT2D eigenvalue weighted by Crippen LogP contribution is -2.14. The molecule has 20 heavy (non-hydrogen) atoms. The molecule has 0 saturated heterocycles. The molecule has 0 radical (unpaired) electrons. The van der Waals surface area contributed by atoms with Gasteiger partial charge in [-0.05, 0) is 43.4 Å². The summed E-state index contributed by atoms with van der Waals surface area (Å²) in [5, 5.41) is 3.62.